The van der Waals surface area contributed by atoms with Crippen LogP contribution in [0.25, 0.3) is 22.5 Å². The van der Waals surface area contributed by atoms with Gasteiger partial charge in [0.05, 0.1) is 23.0 Å². The van der Waals surface area contributed by atoms with E-state index in [-0.39, 0.29) is 5.41 Å². The maximum absolute atomic E-state index is 5.12. The molecule has 2 aliphatic rings. The molecule has 0 fully saturated rings. The standard InChI is InChI=1S/C29H32N2/c1-16-9-10-23-24-14-18(3)21(6)22(7)29(24,8)28-30-15-26(31(28)25(23)13-16)27-19(4)11-17(2)12-20(27)5/h9-15,18H,1-8H3. The monoisotopic (exact) mass is 408 g/mol. The van der Waals surface area contributed by atoms with Crippen LogP contribution in [0.5, 0.6) is 0 Å². The van der Waals surface area contributed by atoms with E-state index in [0.29, 0.717) is 5.92 Å². The van der Waals surface area contributed by atoms with Crippen LogP contribution < -0.4 is 0 Å². The Morgan fingerprint density at radius 2 is 1.58 bits per heavy atom. The predicted octanol–water partition coefficient (Wildman–Crippen LogP) is 7.41. The third kappa shape index (κ3) is 2.60. The first-order valence-electron chi connectivity index (χ1n) is 11.3. The zero-order valence-electron chi connectivity index (χ0n) is 20.0. The van der Waals surface area contributed by atoms with Crippen molar-refractivity contribution in [2.45, 2.75) is 60.8 Å². The molecule has 1 aromatic heterocycles. The van der Waals surface area contributed by atoms with E-state index in [2.05, 4.69) is 103 Å². The van der Waals surface area contributed by atoms with E-state index in [1.807, 2.05) is 0 Å². The molecule has 0 radical (unpaired) electrons. The number of aryl methyl sites for hydroxylation is 4. The van der Waals surface area contributed by atoms with E-state index in [9.17, 15) is 0 Å². The Morgan fingerprint density at radius 1 is 0.903 bits per heavy atom. The highest BCUT2D eigenvalue weighted by molar-refractivity contribution is 5.88. The van der Waals surface area contributed by atoms with Gasteiger partial charge >= 0.3 is 0 Å². The van der Waals surface area contributed by atoms with E-state index in [0.717, 1.165) is 5.82 Å². The third-order valence-electron chi connectivity index (χ3n) is 7.81. The Kier molecular flexibility index (Phi) is 4.25. The Bertz CT molecular complexity index is 1290. The van der Waals surface area contributed by atoms with Crippen LogP contribution >= 0.6 is 0 Å². The van der Waals surface area contributed by atoms with Crippen molar-refractivity contribution in [3.63, 3.8) is 0 Å². The lowest BCUT2D eigenvalue weighted by Gasteiger charge is -2.43. The van der Waals surface area contributed by atoms with Crippen LogP contribution in [-0.4, -0.2) is 9.55 Å². The van der Waals surface area contributed by atoms with Crippen molar-refractivity contribution < 1.29 is 0 Å². The van der Waals surface area contributed by atoms with Gasteiger partial charge in [-0.15, -0.1) is 0 Å². The van der Waals surface area contributed by atoms with E-state index in [1.165, 1.54) is 61.5 Å². The Hall–Kier alpha value is -2.87. The van der Waals surface area contributed by atoms with Crippen molar-refractivity contribution in [1.29, 1.82) is 0 Å². The van der Waals surface area contributed by atoms with Gasteiger partial charge in [-0.25, -0.2) is 4.98 Å². The molecule has 1 aliphatic heterocycles. The summed E-state index contributed by atoms with van der Waals surface area (Å²) in [5.74, 6) is 1.58. The number of rotatable bonds is 1. The Morgan fingerprint density at radius 3 is 2.26 bits per heavy atom. The van der Waals surface area contributed by atoms with Gasteiger partial charge in [-0.05, 0) is 82.7 Å². The highest BCUT2D eigenvalue weighted by Crippen LogP contribution is 2.54. The maximum atomic E-state index is 5.12. The molecule has 0 saturated heterocycles. The largest absolute Gasteiger partial charge is 0.295 e. The van der Waals surface area contributed by atoms with Crippen molar-refractivity contribution in [2.75, 3.05) is 0 Å². The number of nitrogens with zero attached hydrogens (tertiary/aromatic N) is 2. The number of aromatic nitrogens is 2. The van der Waals surface area contributed by atoms with E-state index < -0.39 is 0 Å². The summed E-state index contributed by atoms with van der Waals surface area (Å²) in [5, 5.41) is 0. The number of hydrogen-bond donors (Lipinski definition) is 0. The molecule has 0 bridgehead atoms. The van der Waals surface area contributed by atoms with Gasteiger partial charge in [-0.2, -0.15) is 0 Å². The summed E-state index contributed by atoms with van der Waals surface area (Å²) in [7, 11) is 0. The molecule has 31 heavy (non-hydrogen) atoms. The average molecular weight is 409 g/mol. The lowest BCUT2D eigenvalue weighted by Crippen LogP contribution is -2.37. The number of imidazole rings is 1. The molecular weight excluding hydrogens is 376 g/mol. The molecule has 0 amide bonds. The molecule has 2 aromatic carbocycles. The molecular formula is C29H32N2. The minimum absolute atomic E-state index is 0.219. The second-order valence-electron chi connectivity index (χ2n) is 9.90. The fraction of sp³-hybridized carbons (Fsp3) is 0.345. The lowest BCUT2D eigenvalue weighted by molar-refractivity contribution is 0.597. The van der Waals surface area contributed by atoms with Gasteiger partial charge in [0.15, 0.2) is 0 Å². The van der Waals surface area contributed by atoms with E-state index in [1.54, 1.807) is 0 Å². The molecule has 0 spiro atoms. The summed E-state index contributed by atoms with van der Waals surface area (Å²) >= 11 is 0. The van der Waals surface area contributed by atoms with Crippen LogP contribution in [0.15, 0.2) is 53.8 Å². The second kappa shape index (κ2) is 6.56. The average Bonchev–Trinajstić information content (AvgIpc) is 3.13. The molecule has 0 N–H and O–H groups in total. The van der Waals surface area contributed by atoms with Gasteiger partial charge in [0.1, 0.15) is 5.82 Å². The molecule has 2 heterocycles. The molecule has 2 heteroatoms. The first-order valence-corrected chi connectivity index (χ1v) is 11.3. The van der Waals surface area contributed by atoms with E-state index >= 15 is 0 Å². The van der Waals surface area contributed by atoms with Crippen LogP contribution in [0.2, 0.25) is 0 Å². The van der Waals surface area contributed by atoms with Crippen LogP contribution in [0.4, 0.5) is 0 Å². The summed E-state index contributed by atoms with van der Waals surface area (Å²) in [4.78, 5) is 5.12. The van der Waals surface area contributed by atoms with Gasteiger partial charge in [-0.1, -0.05) is 54.0 Å². The molecule has 158 valence electrons. The van der Waals surface area contributed by atoms with Gasteiger partial charge in [0, 0.05) is 11.1 Å². The summed E-state index contributed by atoms with van der Waals surface area (Å²) in [5.41, 5.74) is 14.4. The smallest absolute Gasteiger partial charge is 0.128 e. The Balaban J connectivity index is 1.91. The fourth-order valence-electron chi connectivity index (χ4n) is 5.89. The van der Waals surface area contributed by atoms with Crippen molar-refractivity contribution in [1.82, 2.24) is 9.55 Å². The zero-order valence-corrected chi connectivity index (χ0v) is 20.0. The molecule has 1 aliphatic carbocycles. The summed E-state index contributed by atoms with van der Waals surface area (Å²) in [6.07, 6.45) is 4.57. The molecule has 2 nitrogen and oxygen atoms in total. The number of benzene rings is 2. The lowest BCUT2D eigenvalue weighted by atomic mass is 9.64. The molecule has 5 rings (SSSR count). The fourth-order valence-corrected chi connectivity index (χ4v) is 5.89. The second-order valence-corrected chi connectivity index (χ2v) is 9.90. The minimum atomic E-state index is -0.219. The van der Waals surface area contributed by atoms with Gasteiger partial charge in [-0.3, -0.25) is 4.57 Å². The van der Waals surface area contributed by atoms with Crippen LogP contribution in [0.1, 0.15) is 61.3 Å². The van der Waals surface area contributed by atoms with E-state index in [4.69, 9.17) is 4.98 Å². The Labute approximate surface area is 186 Å². The molecule has 2 unspecified atom stereocenters. The summed E-state index contributed by atoms with van der Waals surface area (Å²) in [6, 6.07) is 11.5. The minimum Gasteiger partial charge on any atom is -0.295 e. The number of hydrogen-bond acceptors (Lipinski definition) is 1. The maximum Gasteiger partial charge on any atom is 0.128 e. The first kappa shape index (κ1) is 20.1. The molecule has 3 aromatic rings. The highest BCUT2D eigenvalue weighted by Gasteiger charge is 2.46. The van der Waals surface area contributed by atoms with Crippen molar-refractivity contribution >= 4 is 5.57 Å². The van der Waals surface area contributed by atoms with Crippen LogP contribution in [0.3, 0.4) is 0 Å². The number of allylic oxidation sites excluding steroid dienone is 4. The summed E-state index contributed by atoms with van der Waals surface area (Å²) in [6.45, 7) is 18.1. The quantitative estimate of drug-likeness (QED) is 0.383. The third-order valence-corrected chi connectivity index (χ3v) is 7.81. The van der Waals surface area contributed by atoms with Crippen LogP contribution in [-0.2, 0) is 5.41 Å². The van der Waals surface area contributed by atoms with Gasteiger partial charge in [0.2, 0.25) is 0 Å². The van der Waals surface area contributed by atoms with Gasteiger partial charge < -0.3 is 0 Å². The number of fused-ring (bicyclic) bond motifs is 6. The van der Waals surface area contributed by atoms with Gasteiger partial charge in [0.25, 0.3) is 0 Å². The van der Waals surface area contributed by atoms with Crippen molar-refractivity contribution in [2.24, 2.45) is 5.92 Å². The predicted molar refractivity (Wildman–Crippen MR) is 131 cm³/mol. The highest BCUT2D eigenvalue weighted by atomic mass is 15.1. The molecule has 0 saturated carbocycles. The van der Waals surface area contributed by atoms with Crippen LogP contribution in [0, 0.1) is 33.6 Å². The molecule has 2 atom stereocenters. The van der Waals surface area contributed by atoms with Crippen molar-refractivity contribution in [3.8, 4) is 16.9 Å². The SMILES string of the molecule is CC1=C(C)C2(C)C(=CC1C)c1ccc(C)cc1-n1c(-c3c(C)cc(C)cc3C)cnc12. The van der Waals surface area contributed by atoms with Crippen molar-refractivity contribution in [3.05, 3.63) is 87.4 Å². The topological polar surface area (TPSA) is 17.8 Å². The summed E-state index contributed by atoms with van der Waals surface area (Å²) < 4.78 is 2.44. The first-order chi connectivity index (χ1) is 14.6. The normalized spacial score (nSPS) is 22.1. The zero-order chi connectivity index (χ0) is 22.2.